The molecular formula is C19H13ClN2O3S. The van der Waals surface area contributed by atoms with Crippen LogP contribution < -0.4 is 4.72 Å². The van der Waals surface area contributed by atoms with Crippen molar-refractivity contribution in [1.82, 2.24) is 4.98 Å². The minimum Gasteiger partial charge on any atom is -0.423 e. The van der Waals surface area contributed by atoms with Gasteiger partial charge in [-0.05, 0) is 41.5 Å². The summed E-state index contributed by atoms with van der Waals surface area (Å²) >= 11 is 5.90. The van der Waals surface area contributed by atoms with Crippen LogP contribution in [0.4, 0.5) is 6.01 Å². The largest absolute Gasteiger partial charge is 0.423 e. The summed E-state index contributed by atoms with van der Waals surface area (Å²) in [4.78, 5) is 4.23. The summed E-state index contributed by atoms with van der Waals surface area (Å²) in [5, 5.41) is 0.497. The molecule has 0 bridgehead atoms. The Labute approximate surface area is 155 Å². The highest BCUT2D eigenvalue weighted by Gasteiger charge is 2.18. The number of rotatable bonds is 4. The molecule has 0 spiro atoms. The maximum absolute atomic E-state index is 12.6. The van der Waals surface area contributed by atoms with Crippen LogP contribution >= 0.6 is 11.6 Å². The highest BCUT2D eigenvalue weighted by Crippen LogP contribution is 2.25. The van der Waals surface area contributed by atoms with Gasteiger partial charge in [-0.2, -0.15) is 4.98 Å². The minimum atomic E-state index is -3.81. The smallest absolute Gasteiger partial charge is 0.309 e. The number of nitrogens with zero attached hydrogens (tertiary/aromatic N) is 1. The molecule has 4 aromatic rings. The molecule has 26 heavy (non-hydrogen) atoms. The van der Waals surface area contributed by atoms with Gasteiger partial charge >= 0.3 is 6.01 Å². The van der Waals surface area contributed by atoms with Gasteiger partial charge in [-0.3, -0.25) is 0 Å². The molecule has 0 aliphatic carbocycles. The number of aromatic nitrogens is 1. The van der Waals surface area contributed by atoms with Gasteiger partial charge in [-0.15, -0.1) is 0 Å². The summed E-state index contributed by atoms with van der Waals surface area (Å²) in [6.45, 7) is 0. The first-order valence-electron chi connectivity index (χ1n) is 7.76. The van der Waals surface area contributed by atoms with E-state index in [2.05, 4.69) is 9.71 Å². The first-order chi connectivity index (χ1) is 12.5. The van der Waals surface area contributed by atoms with Crippen LogP contribution in [0, 0.1) is 0 Å². The molecule has 0 radical (unpaired) electrons. The summed E-state index contributed by atoms with van der Waals surface area (Å²) in [7, 11) is -3.81. The third kappa shape index (κ3) is 3.29. The quantitative estimate of drug-likeness (QED) is 0.540. The lowest BCUT2D eigenvalue weighted by Gasteiger charge is -2.06. The Bertz CT molecular complexity index is 1170. The molecule has 0 atom stereocenters. The molecule has 0 saturated carbocycles. The second-order valence-corrected chi connectivity index (χ2v) is 7.75. The lowest BCUT2D eigenvalue weighted by atomic mass is 10.1. The highest BCUT2D eigenvalue weighted by molar-refractivity contribution is 7.92. The molecule has 4 rings (SSSR count). The van der Waals surface area contributed by atoms with E-state index in [9.17, 15) is 8.42 Å². The summed E-state index contributed by atoms with van der Waals surface area (Å²) in [5.41, 5.74) is 2.88. The zero-order chi connectivity index (χ0) is 18.1. The Morgan fingerprint density at radius 2 is 1.58 bits per heavy atom. The Hall–Kier alpha value is -2.83. The lowest BCUT2D eigenvalue weighted by Crippen LogP contribution is -2.13. The monoisotopic (exact) mass is 384 g/mol. The second-order valence-electron chi connectivity index (χ2n) is 5.63. The predicted octanol–water partition coefficient (Wildman–Crippen LogP) is 4.95. The lowest BCUT2D eigenvalue weighted by molar-refractivity contribution is 0.591. The van der Waals surface area contributed by atoms with E-state index in [1.165, 1.54) is 0 Å². The zero-order valence-corrected chi connectivity index (χ0v) is 15.0. The minimum absolute atomic E-state index is 0.102. The third-order valence-electron chi connectivity index (χ3n) is 3.84. The molecule has 0 saturated heterocycles. The fourth-order valence-electron chi connectivity index (χ4n) is 2.58. The summed E-state index contributed by atoms with van der Waals surface area (Å²) < 4.78 is 32.9. The average molecular weight is 385 g/mol. The van der Waals surface area contributed by atoms with Gasteiger partial charge in [0.1, 0.15) is 5.52 Å². The number of sulfonamides is 1. The normalized spacial score (nSPS) is 11.6. The van der Waals surface area contributed by atoms with E-state index < -0.39 is 10.0 Å². The van der Waals surface area contributed by atoms with Crippen LogP contribution in [0.3, 0.4) is 0 Å². The predicted molar refractivity (Wildman–Crippen MR) is 102 cm³/mol. The van der Waals surface area contributed by atoms with Crippen molar-refractivity contribution < 1.29 is 12.8 Å². The van der Waals surface area contributed by atoms with Crippen molar-refractivity contribution in [2.75, 3.05) is 4.72 Å². The number of nitrogens with one attached hydrogen (secondary N) is 1. The van der Waals surface area contributed by atoms with Crippen molar-refractivity contribution in [3.05, 3.63) is 77.8 Å². The van der Waals surface area contributed by atoms with Gasteiger partial charge in [0.2, 0.25) is 0 Å². The van der Waals surface area contributed by atoms with Gasteiger partial charge in [0.15, 0.2) is 5.58 Å². The van der Waals surface area contributed by atoms with Gasteiger partial charge in [0, 0.05) is 5.02 Å². The maximum Gasteiger partial charge on any atom is 0.309 e. The van der Waals surface area contributed by atoms with E-state index in [1.807, 2.05) is 30.3 Å². The molecule has 0 aliphatic rings. The van der Waals surface area contributed by atoms with Gasteiger partial charge < -0.3 is 4.42 Å². The Morgan fingerprint density at radius 1 is 0.885 bits per heavy atom. The number of oxazole rings is 1. The Balaban J connectivity index is 1.61. The van der Waals surface area contributed by atoms with Crippen LogP contribution in [-0.4, -0.2) is 13.4 Å². The number of fused-ring (bicyclic) bond motifs is 1. The first-order valence-corrected chi connectivity index (χ1v) is 9.62. The molecule has 130 valence electrons. The topological polar surface area (TPSA) is 72.2 Å². The van der Waals surface area contributed by atoms with E-state index >= 15 is 0 Å². The van der Waals surface area contributed by atoms with Crippen LogP contribution in [0.1, 0.15) is 0 Å². The van der Waals surface area contributed by atoms with Crippen LogP contribution in [0.15, 0.2) is 82.1 Å². The molecule has 0 fully saturated rings. The number of benzene rings is 3. The molecule has 3 aromatic carbocycles. The van der Waals surface area contributed by atoms with Crippen LogP contribution in [0.2, 0.25) is 5.02 Å². The molecule has 0 amide bonds. The van der Waals surface area contributed by atoms with Gasteiger partial charge in [-0.25, -0.2) is 13.1 Å². The SMILES string of the molecule is O=S(=O)(Nc1nc2cc(Cl)ccc2o1)c1ccc(-c2ccccc2)cc1. The van der Waals surface area contributed by atoms with Crippen LogP contribution in [-0.2, 0) is 10.0 Å². The fraction of sp³-hybridized carbons (Fsp3) is 0. The Kier molecular flexibility index (Phi) is 4.14. The number of hydrogen-bond acceptors (Lipinski definition) is 4. The van der Waals surface area contributed by atoms with E-state index in [4.69, 9.17) is 16.0 Å². The molecule has 1 N–H and O–H groups in total. The second kappa shape index (κ2) is 6.48. The van der Waals surface area contributed by atoms with Gasteiger partial charge in [0.05, 0.1) is 4.90 Å². The molecule has 7 heteroatoms. The van der Waals surface area contributed by atoms with Crippen molar-refractivity contribution in [3.63, 3.8) is 0 Å². The molecule has 0 unspecified atom stereocenters. The van der Waals surface area contributed by atoms with Crippen LogP contribution in [0.25, 0.3) is 22.2 Å². The van der Waals surface area contributed by atoms with Crippen molar-refractivity contribution in [1.29, 1.82) is 0 Å². The van der Waals surface area contributed by atoms with Crippen molar-refractivity contribution in [3.8, 4) is 11.1 Å². The average Bonchev–Trinajstić information content (AvgIpc) is 3.03. The van der Waals surface area contributed by atoms with E-state index in [-0.39, 0.29) is 10.9 Å². The molecule has 5 nitrogen and oxygen atoms in total. The molecule has 1 aromatic heterocycles. The number of anilines is 1. The summed E-state index contributed by atoms with van der Waals surface area (Å²) in [6, 6.07) is 21.1. The van der Waals surface area contributed by atoms with Crippen LogP contribution in [0.5, 0.6) is 0 Å². The number of halogens is 1. The van der Waals surface area contributed by atoms with E-state index in [0.717, 1.165) is 11.1 Å². The van der Waals surface area contributed by atoms with Crippen molar-refractivity contribution in [2.24, 2.45) is 0 Å². The standard InChI is InChI=1S/C19H13ClN2O3S/c20-15-8-11-18-17(12-15)21-19(25-18)22-26(23,24)16-9-6-14(7-10-16)13-4-2-1-3-5-13/h1-12H,(H,21,22). The molecule has 1 heterocycles. The Morgan fingerprint density at radius 3 is 2.31 bits per heavy atom. The molecular weight excluding hydrogens is 372 g/mol. The summed E-state index contributed by atoms with van der Waals surface area (Å²) in [6.07, 6.45) is 0. The third-order valence-corrected chi connectivity index (χ3v) is 5.41. The van der Waals surface area contributed by atoms with E-state index in [0.29, 0.717) is 16.1 Å². The summed E-state index contributed by atoms with van der Waals surface area (Å²) in [5.74, 6) is 0. The van der Waals surface area contributed by atoms with Crippen molar-refractivity contribution >= 4 is 38.7 Å². The maximum atomic E-state index is 12.6. The fourth-order valence-corrected chi connectivity index (χ4v) is 3.67. The van der Waals surface area contributed by atoms with Crippen molar-refractivity contribution in [2.45, 2.75) is 4.90 Å². The highest BCUT2D eigenvalue weighted by atomic mass is 35.5. The van der Waals surface area contributed by atoms with Gasteiger partial charge in [-0.1, -0.05) is 54.1 Å². The molecule has 0 aliphatic heterocycles. The van der Waals surface area contributed by atoms with Gasteiger partial charge in [0.25, 0.3) is 10.0 Å². The number of hydrogen-bond donors (Lipinski definition) is 1. The first kappa shape index (κ1) is 16.6. The zero-order valence-electron chi connectivity index (χ0n) is 13.4. The van der Waals surface area contributed by atoms with E-state index in [1.54, 1.807) is 42.5 Å².